The summed E-state index contributed by atoms with van der Waals surface area (Å²) >= 11 is 3.40. The number of nitrogens with zero attached hydrogens (tertiary/aromatic N) is 1. The van der Waals surface area contributed by atoms with Crippen LogP contribution in [0.2, 0.25) is 0 Å². The molecule has 3 nitrogen and oxygen atoms in total. The van der Waals surface area contributed by atoms with E-state index in [-0.39, 0.29) is 0 Å². The normalized spacial score (nSPS) is 12.6. The van der Waals surface area contributed by atoms with E-state index in [0.29, 0.717) is 6.04 Å². The predicted molar refractivity (Wildman–Crippen MR) is 84.7 cm³/mol. The lowest BCUT2D eigenvalue weighted by Gasteiger charge is -2.15. The molecule has 19 heavy (non-hydrogen) atoms. The Morgan fingerprint density at radius 2 is 1.95 bits per heavy atom. The highest BCUT2D eigenvalue weighted by molar-refractivity contribution is 9.10. The molecule has 0 aromatic carbocycles. The fourth-order valence-corrected chi connectivity index (χ4v) is 2.43. The minimum atomic E-state index is 0.333. The van der Waals surface area contributed by atoms with Crippen LogP contribution < -0.4 is 11.3 Å². The van der Waals surface area contributed by atoms with E-state index < -0.39 is 0 Å². The fourth-order valence-electron chi connectivity index (χ4n) is 2.20. The van der Waals surface area contributed by atoms with Gasteiger partial charge in [0.1, 0.15) is 0 Å². The second-order valence-electron chi connectivity index (χ2n) is 5.09. The van der Waals surface area contributed by atoms with Gasteiger partial charge in [0, 0.05) is 28.8 Å². The third-order valence-corrected chi connectivity index (χ3v) is 3.86. The van der Waals surface area contributed by atoms with Gasteiger partial charge >= 0.3 is 0 Å². The van der Waals surface area contributed by atoms with Gasteiger partial charge in [-0.2, -0.15) is 0 Å². The highest BCUT2D eigenvalue weighted by atomic mass is 79.9. The van der Waals surface area contributed by atoms with Gasteiger partial charge in [0.15, 0.2) is 0 Å². The van der Waals surface area contributed by atoms with Crippen LogP contribution >= 0.6 is 15.9 Å². The lowest BCUT2D eigenvalue weighted by atomic mass is 10.0. The lowest BCUT2D eigenvalue weighted by Crippen LogP contribution is -2.36. The van der Waals surface area contributed by atoms with Crippen molar-refractivity contribution in [2.75, 3.05) is 0 Å². The molecule has 1 atom stereocenters. The van der Waals surface area contributed by atoms with Gasteiger partial charge in [-0.3, -0.25) is 16.3 Å². The van der Waals surface area contributed by atoms with Crippen LogP contribution in [0.15, 0.2) is 22.8 Å². The highest BCUT2D eigenvalue weighted by Gasteiger charge is 2.08. The molecule has 0 amide bonds. The molecular formula is C15H26BrN3. The molecule has 1 aromatic heterocycles. The number of aromatic nitrogens is 1. The van der Waals surface area contributed by atoms with Gasteiger partial charge in [0.05, 0.1) is 0 Å². The summed E-state index contributed by atoms with van der Waals surface area (Å²) in [6.07, 6.45) is 11.8. The van der Waals surface area contributed by atoms with Gasteiger partial charge in [-0.1, -0.05) is 45.4 Å². The fraction of sp³-hybridized carbons (Fsp3) is 0.667. The predicted octanol–water partition coefficient (Wildman–Crippen LogP) is 3.97. The lowest BCUT2D eigenvalue weighted by molar-refractivity contribution is 0.456. The van der Waals surface area contributed by atoms with Crippen LogP contribution in [0.3, 0.4) is 0 Å². The van der Waals surface area contributed by atoms with E-state index in [0.717, 1.165) is 23.0 Å². The van der Waals surface area contributed by atoms with Crippen LogP contribution in [-0.4, -0.2) is 11.0 Å². The second kappa shape index (κ2) is 10.4. The van der Waals surface area contributed by atoms with Crippen LogP contribution in [0.4, 0.5) is 0 Å². The van der Waals surface area contributed by atoms with Crippen molar-refractivity contribution in [2.45, 2.75) is 64.3 Å². The standard InChI is InChI=1S/C15H26BrN3/c1-2-3-4-5-6-7-8-15(19-17)11-14-10-9-13(16)12-18-14/h9-10,12,15,19H,2-8,11,17H2,1H3. The first-order valence-electron chi connectivity index (χ1n) is 7.32. The van der Waals surface area contributed by atoms with Crippen LogP contribution in [0.25, 0.3) is 0 Å². The number of unbranched alkanes of at least 4 members (excludes halogenated alkanes) is 5. The third kappa shape index (κ3) is 7.65. The SMILES string of the molecule is CCCCCCCCC(Cc1ccc(Br)cn1)NN. The number of hydrazine groups is 1. The van der Waals surface area contributed by atoms with E-state index in [9.17, 15) is 0 Å². The number of rotatable bonds is 10. The molecule has 1 unspecified atom stereocenters. The number of nitrogens with two attached hydrogens (primary N) is 1. The first kappa shape index (κ1) is 16.6. The molecule has 0 aliphatic carbocycles. The van der Waals surface area contributed by atoms with E-state index >= 15 is 0 Å². The zero-order valence-corrected chi connectivity index (χ0v) is 13.5. The summed E-state index contributed by atoms with van der Waals surface area (Å²) in [7, 11) is 0. The summed E-state index contributed by atoms with van der Waals surface area (Å²) in [4.78, 5) is 4.39. The topological polar surface area (TPSA) is 50.9 Å². The number of hydrogen-bond donors (Lipinski definition) is 2. The summed E-state index contributed by atoms with van der Waals surface area (Å²) in [5.74, 6) is 5.63. The van der Waals surface area contributed by atoms with Crippen molar-refractivity contribution in [1.29, 1.82) is 0 Å². The average molecular weight is 328 g/mol. The maximum Gasteiger partial charge on any atom is 0.0420 e. The molecule has 3 N–H and O–H groups in total. The zero-order chi connectivity index (χ0) is 13.9. The number of pyridine rings is 1. The number of hydrogen-bond acceptors (Lipinski definition) is 3. The summed E-state index contributed by atoms with van der Waals surface area (Å²) in [5.41, 5.74) is 4.01. The Hall–Kier alpha value is -0.450. The van der Waals surface area contributed by atoms with E-state index in [4.69, 9.17) is 5.84 Å². The Kier molecular flexibility index (Phi) is 9.05. The van der Waals surface area contributed by atoms with Crippen molar-refractivity contribution >= 4 is 15.9 Å². The van der Waals surface area contributed by atoms with Gasteiger partial charge in [-0.15, -0.1) is 0 Å². The monoisotopic (exact) mass is 327 g/mol. The largest absolute Gasteiger partial charge is 0.271 e. The Morgan fingerprint density at radius 3 is 2.58 bits per heavy atom. The molecule has 0 aliphatic heterocycles. The smallest absolute Gasteiger partial charge is 0.0420 e. The molecule has 0 saturated heterocycles. The number of nitrogens with one attached hydrogen (secondary N) is 1. The van der Waals surface area contributed by atoms with Crippen LogP contribution in [-0.2, 0) is 6.42 Å². The van der Waals surface area contributed by atoms with E-state index in [2.05, 4.69) is 39.3 Å². The van der Waals surface area contributed by atoms with Gasteiger partial charge in [0.25, 0.3) is 0 Å². The Morgan fingerprint density at radius 1 is 1.21 bits per heavy atom. The molecule has 0 aliphatic rings. The van der Waals surface area contributed by atoms with E-state index in [1.165, 1.54) is 38.5 Å². The minimum Gasteiger partial charge on any atom is -0.271 e. The van der Waals surface area contributed by atoms with Gasteiger partial charge < -0.3 is 0 Å². The maximum absolute atomic E-state index is 5.63. The number of halogens is 1. The molecule has 1 rings (SSSR count). The molecular weight excluding hydrogens is 302 g/mol. The van der Waals surface area contributed by atoms with Gasteiger partial charge in [0.2, 0.25) is 0 Å². The average Bonchev–Trinajstić information content (AvgIpc) is 2.43. The molecule has 4 heteroatoms. The van der Waals surface area contributed by atoms with Gasteiger partial charge in [-0.05, 0) is 34.5 Å². The van der Waals surface area contributed by atoms with Crippen molar-refractivity contribution in [3.05, 3.63) is 28.5 Å². The first-order chi connectivity index (χ1) is 9.26. The van der Waals surface area contributed by atoms with E-state index in [1.54, 1.807) is 0 Å². The van der Waals surface area contributed by atoms with Crippen molar-refractivity contribution in [3.63, 3.8) is 0 Å². The van der Waals surface area contributed by atoms with Crippen LogP contribution in [0, 0.1) is 0 Å². The van der Waals surface area contributed by atoms with Crippen molar-refractivity contribution in [1.82, 2.24) is 10.4 Å². The van der Waals surface area contributed by atoms with Crippen LogP contribution in [0.1, 0.15) is 57.6 Å². The van der Waals surface area contributed by atoms with Gasteiger partial charge in [-0.25, -0.2) is 0 Å². The molecule has 1 heterocycles. The van der Waals surface area contributed by atoms with Crippen molar-refractivity contribution in [2.24, 2.45) is 5.84 Å². The molecule has 0 fully saturated rings. The molecule has 0 saturated carbocycles. The summed E-state index contributed by atoms with van der Waals surface area (Å²) in [5, 5.41) is 0. The maximum atomic E-state index is 5.63. The van der Waals surface area contributed by atoms with Crippen LogP contribution in [0.5, 0.6) is 0 Å². The minimum absolute atomic E-state index is 0.333. The molecule has 1 aromatic rings. The molecule has 0 spiro atoms. The quantitative estimate of drug-likeness (QED) is 0.388. The zero-order valence-electron chi connectivity index (χ0n) is 11.9. The third-order valence-electron chi connectivity index (χ3n) is 3.39. The van der Waals surface area contributed by atoms with Crippen molar-refractivity contribution < 1.29 is 0 Å². The molecule has 0 bridgehead atoms. The summed E-state index contributed by atoms with van der Waals surface area (Å²) in [6, 6.07) is 4.41. The summed E-state index contributed by atoms with van der Waals surface area (Å²) in [6.45, 7) is 2.25. The highest BCUT2D eigenvalue weighted by Crippen LogP contribution is 2.12. The summed E-state index contributed by atoms with van der Waals surface area (Å²) < 4.78 is 1.02. The molecule has 0 radical (unpaired) electrons. The molecule has 108 valence electrons. The Labute approximate surface area is 125 Å². The second-order valence-corrected chi connectivity index (χ2v) is 6.01. The van der Waals surface area contributed by atoms with E-state index in [1.807, 2.05) is 12.3 Å². The van der Waals surface area contributed by atoms with Crippen molar-refractivity contribution in [3.8, 4) is 0 Å². The first-order valence-corrected chi connectivity index (χ1v) is 8.12. The Balaban J connectivity index is 2.20. The Bertz CT molecular complexity index is 327.